The van der Waals surface area contributed by atoms with Gasteiger partial charge in [-0.05, 0) is 57.4 Å². The highest BCUT2D eigenvalue weighted by molar-refractivity contribution is 7.20. The first-order valence-corrected chi connectivity index (χ1v) is 14.5. The minimum atomic E-state index is -1.60. The Balaban J connectivity index is 2.40. The second-order valence-corrected chi connectivity index (χ2v) is 10.8. The molecule has 1 amide bonds. The summed E-state index contributed by atoms with van der Waals surface area (Å²) in [7, 11) is 0. The third-order valence-corrected chi connectivity index (χ3v) is 8.39. The van der Waals surface area contributed by atoms with Crippen molar-refractivity contribution in [3.63, 3.8) is 0 Å². The summed E-state index contributed by atoms with van der Waals surface area (Å²) >= 11 is 0.879. The molecule has 0 saturated carbocycles. The number of carbonyl (C=O) groups is 2. The van der Waals surface area contributed by atoms with E-state index in [1.54, 1.807) is 20.8 Å². The molecule has 11 nitrogen and oxygen atoms in total. The molecule has 0 aliphatic carbocycles. The lowest BCUT2D eigenvalue weighted by atomic mass is 9.96. The van der Waals surface area contributed by atoms with Gasteiger partial charge in [0.15, 0.2) is 0 Å². The standard InChI is InChI=1S/C29H35FN4O7S/c1-6-13-32-27(38)29(5,7-2)34-24(36)22-17(4)23(26(37)40-8-3)42-25(22)33(28(34)39)16-21(41-14-9-12-31)19-15-18(30)10-11-20(19)35/h10-11,15,21,35H,6-9,13-14,16H2,1-5H3,(H,32,38)/t21-,29?/m0/s1. The molecule has 0 bridgehead atoms. The van der Waals surface area contributed by atoms with Crippen molar-refractivity contribution in [1.82, 2.24) is 14.5 Å². The van der Waals surface area contributed by atoms with E-state index in [0.717, 1.165) is 34.1 Å². The number of benzene rings is 1. The Hall–Kier alpha value is -4.02. The normalized spacial score (nSPS) is 13.4. The van der Waals surface area contributed by atoms with Crippen LogP contribution in [0, 0.1) is 24.1 Å². The summed E-state index contributed by atoms with van der Waals surface area (Å²) in [5.41, 5.74) is -2.91. The fourth-order valence-electron chi connectivity index (χ4n) is 4.62. The quantitative estimate of drug-likeness (QED) is 0.221. The number of amides is 1. The van der Waals surface area contributed by atoms with Crippen LogP contribution in [-0.4, -0.2) is 45.9 Å². The molecule has 2 heterocycles. The molecule has 0 spiro atoms. The molecule has 1 unspecified atom stereocenters. The summed E-state index contributed by atoms with van der Waals surface area (Å²) in [6.07, 6.45) is -0.442. The van der Waals surface area contributed by atoms with Gasteiger partial charge in [-0.25, -0.2) is 18.5 Å². The van der Waals surface area contributed by atoms with Crippen molar-refractivity contribution in [3.05, 3.63) is 60.9 Å². The zero-order chi connectivity index (χ0) is 31.2. The van der Waals surface area contributed by atoms with Gasteiger partial charge in [0.05, 0.1) is 37.6 Å². The number of hydrogen-bond acceptors (Lipinski definition) is 9. The van der Waals surface area contributed by atoms with Gasteiger partial charge in [-0.15, -0.1) is 11.3 Å². The van der Waals surface area contributed by atoms with Gasteiger partial charge < -0.3 is 19.9 Å². The lowest BCUT2D eigenvalue weighted by Crippen LogP contribution is -2.57. The van der Waals surface area contributed by atoms with Crippen LogP contribution in [0.4, 0.5) is 4.39 Å². The average Bonchev–Trinajstić information content (AvgIpc) is 3.31. The van der Waals surface area contributed by atoms with E-state index in [4.69, 9.17) is 14.7 Å². The number of esters is 1. The molecule has 0 saturated heterocycles. The molecule has 3 aromatic rings. The zero-order valence-corrected chi connectivity index (χ0v) is 25.1. The molecule has 1 aromatic carbocycles. The van der Waals surface area contributed by atoms with Crippen molar-refractivity contribution < 1.29 is 28.6 Å². The maximum Gasteiger partial charge on any atom is 0.348 e. The Bertz CT molecular complexity index is 1640. The lowest BCUT2D eigenvalue weighted by Gasteiger charge is -2.30. The number of fused-ring (bicyclic) bond motifs is 1. The third-order valence-electron chi connectivity index (χ3n) is 7.10. The van der Waals surface area contributed by atoms with Crippen LogP contribution in [0.15, 0.2) is 27.8 Å². The summed E-state index contributed by atoms with van der Waals surface area (Å²) in [6, 6.07) is 5.21. The van der Waals surface area contributed by atoms with Crippen molar-refractivity contribution >= 4 is 33.4 Å². The number of nitrogens with zero attached hydrogens (tertiary/aromatic N) is 3. The van der Waals surface area contributed by atoms with Gasteiger partial charge in [0.2, 0.25) is 5.91 Å². The number of aryl methyl sites for hydroxylation is 1. The molecule has 0 fully saturated rings. The number of nitriles is 1. The second-order valence-electron chi connectivity index (χ2n) is 9.84. The average molecular weight is 603 g/mol. The minimum Gasteiger partial charge on any atom is -0.508 e. The summed E-state index contributed by atoms with van der Waals surface area (Å²) in [5, 5.41) is 22.4. The van der Waals surface area contributed by atoms with Gasteiger partial charge in [-0.1, -0.05) is 13.8 Å². The minimum absolute atomic E-state index is 0.0172. The van der Waals surface area contributed by atoms with E-state index in [9.17, 15) is 28.7 Å². The van der Waals surface area contributed by atoms with Gasteiger partial charge in [0.25, 0.3) is 5.56 Å². The summed E-state index contributed by atoms with van der Waals surface area (Å²) < 4.78 is 27.4. The first-order valence-electron chi connectivity index (χ1n) is 13.7. The van der Waals surface area contributed by atoms with Crippen LogP contribution in [0.25, 0.3) is 10.2 Å². The second kappa shape index (κ2) is 13.8. The number of phenolic OH excluding ortho intramolecular Hbond substituents is 1. The first kappa shape index (κ1) is 32.5. The maximum absolute atomic E-state index is 14.3. The lowest BCUT2D eigenvalue weighted by molar-refractivity contribution is -0.129. The van der Waals surface area contributed by atoms with E-state index in [-0.39, 0.29) is 64.6 Å². The van der Waals surface area contributed by atoms with E-state index >= 15 is 0 Å². The highest BCUT2D eigenvalue weighted by Crippen LogP contribution is 2.33. The Morgan fingerprint density at radius 3 is 2.60 bits per heavy atom. The van der Waals surface area contributed by atoms with Gasteiger partial charge in [-0.2, -0.15) is 5.26 Å². The number of rotatable bonds is 13. The van der Waals surface area contributed by atoms with E-state index in [2.05, 4.69) is 5.32 Å². The van der Waals surface area contributed by atoms with E-state index in [0.29, 0.717) is 13.0 Å². The summed E-state index contributed by atoms with van der Waals surface area (Å²) in [4.78, 5) is 54.7. The van der Waals surface area contributed by atoms with E-state index in [1.165, 1.54) is 11.5 Å². The molecule has 2 aromatic heterocycles. The van der Waals surface area contributed by atoms with E-state index < -0.39 is 40.6 Å². The molecule has 13 heteroatoms. The third kappa shape index (κ3) is 6.24. The Morgan fingerprint density at radius 2 is 1.98 bits per heavy atom. The van der Waals surface area contributed by atoms with Crippen LogP contribution in [0.5, 0.6) is 5.75 Å². The monoisotopic (exact) mass is 602 g/mol. The van der Waals surface area contributed by atoms with Gasteiger partial charge in [0.1, 0.15) is 32.9 Å². The number of carbonyl (C=O) groups excluding carboxylic acids is 2. The molecular weight excluding hydrogens is 567 g/mol. The van der Waals surface area contributed by atoms with Crippen molar-refractivity contribution in [2.45, 2.75) is 72.1 Å². The SMILES string of the molecule is CCCNC(=O)C(C)(CC)n1c(=O)c2c(C)c(C(=O)OCC)sc2n(C[C@H](OCCC#N)c2cc(F)ccc2O)c1=O. The van der Waals surface area contributed by atoms with Crippen LogP contribution in [0.1, 0.15) is 73.9 Å². The molecule has 0 aliphatic heterocycles. The van der Waals surface area contributed by atoms with Crippen molar-refractivity contribution in [1.29, 1.82) is 5.26 Å². The molecule has 42 heavy (non-hydrogen) atoms. The number of phenols is 1. The van der Waals surface area contributed by atoms with Crippen molar-refractivity contribution in [3.8, 4) is 11.8 Å². The van der Waals surface area contributed by atoms with Crippen LogP contribution >= 0.6 is 11.3 Å². The first-order chi connectivity index (χ1) is 20.0. The number of hydrogen-bond donors (Lipinski definition) is 2. The molecule has 3 rings (SSSR count). The smallest absolute Gasteiger partial charge is 0.348 e. The van der Waals surface area contributed by atoms with E-state index in [1.807, 2.05) is 13.0 Å². The Kier molecular flexibility index (Phi) is 10.6. The number of aromatic hydroxyl groups is 1. The topological polar surface area (TPSA) is 153 Å². The highest BCUT2D eigenvalue weighted by atomic mass is 32.1. The molecule has 2 atom stereocenters. The highest BCUT2D eigenvalue weighted by Gasteiger charge is 2.38. The molecule has 226 valence electrons. The fraction of sp³-hybridized carbons (Fsp3) is 0.483. The van der Waals surface area contributed by atoms with Crippen LogP contribution in [0.2, 0.25) is 0 Å². The van der Waals surface area contributed by atoms with Crippen LogP contribution < -0.4 is 16.6 Å². The maximum atomic E-state index is 14.3. The van der Waals surface area contributed by atoms with Crippen LogP contribution in [-0.2, 0) is 26.4 Å². The Labute approximate surface area is 246 Å². The number of aromatic nitrogens is 2. The Morgan fingerprint density at radius 1 is 1.26 bits per heavy atom. The van der Waals surface area contributed by atoms with Gasteiger partial charge in [0, 0.05) is 12.1 Å². The fourth-order valence-corrected chi connectivity index (χ4v) is 5.82. The number of ether oxygens (including phenoxy) is 2. The number of halogens is 1. The largest absolute Gasteiger partial charge is 0.508 e. The predicted molar refractivity (Wildman–Crippen MR) is 155 cm³/mol. The molecular formula is C29H35FN4O7S. The predicted octanol–water partition coefficient (Wildman–Crippen LogP) is 3.88. The molecule has 0 radical (unpaired) electrons. The van der Waals surface area contributed by atoms with Gasteiger partial charge >= 0.3 is 11.7 Å². The van der Waals surface area contributed by atoms with Crippen molar-refractivity contribution in [2.75, 3.05) is 19.8 Å². The van der Waals surface area contributed by atoms with Gasteiger partial charge in [-0.3, -0.25) is 14.2 Å². The number of thiophene rings is 1. The molecule has 0 aliphatic rings. The summed E-state index contributed by atoms with van der Waals surface area (Å²) in [6.45, 7) is 8.22. The van der Waals surface area contributed by atoms with Crippen LogP contribution in [0.3, 0.4) is 0 Å². The number of nitrogens with one attached hydrogen (secondary N) is 1. The molecule has 2 N–H and O–H groups in total. The zero-order valence-electron chi connectivity index (χ0n) is 24.3. The summed E-state index contributed by atoms with van der Waals surface area (Å²) in [5.74, 6) is -2.17. The van der Waals surface area contributed by atoms with Crippen molar-refractivity contribution in [2.24, 2.45) is 0 Å².